The molecule has 0 aliphatic carbocycles. The van der Waals surface area contributed by atoms with E-state index < -0.39 is 80.5 Å². The van der Waals surface area contributed by atoms with Crippen molar-refractivity contribution in [2.75, 3.05) is 19.8 Å². The molecule has 0 bridgehead atoms. The Hall–Kier alpha value is -1.37. The summed E-state index contributed by atoms with van der Waals surface area (Å²) in [4.78, 5) is 12.8. The molecule has 2 aliphatic rings. The summed E-state index contributed by atoms with van der Waals surface area (Å²) in [6.45, 7) is -0.434. The zero-order valence-corrected chi connectivity index (χ0v) is 15.7. The molecule has 12 heteroatoms. The summed E-state index contributed by atoms with van der Waals surface area (Å²) in [5, 5.41) is 69.6. The topological polar surface area (TPSA) is 190 Å². The van der Waals surface area contributed by atoms with Gasteiger partial charge in [-0.25, -0.2) is 0 Å². The Balaban J connectivity index is 2.19. The SMILES string of the molecule is C#CCN(C(C)=O)[C@H]1O[C@H](CO)[C@@H](OC2OC(CO)[C@H](O)[C@H](O)[C@H]2O)C(O)C1O. The van der Waals surface area contributed by atoms with Crippen LogP contribution in [0.25, 0.3) is 0 Å². The summed E-state index contributed by atoms with van der Waals surface area (Å²) >= 11 is 0. The minimum absolute atomic E-state index is 0.222. The summed E-state index contributed by atoms with van der Waals surface area (Å²) < 4.78 is 16.2. The summed E-state index contributed by atoms with van der Waals surface area (Å²) in [7, 11) is 0. The van der Waals surface area contributed by atoms with Crippen molar-refractivity contribution in [2.24, 2.45) is 0 Å². The van der Waals surface area contributed by atoms with Crippen LogP contribution in [-0.2, 0) is 19.0 Å². The third-order valence-electron chi connectivity index (χ3n) is 4.95. The number of hydrogen-bond acceptors (Lipinski definition) is 11. The Labute approximate surface area is 166 Å². The minimum Gasteiger partial charge on any atom is -0.394 e. The molecule has 2 fully saturated rings. The molecule has 2 heterocycles. The van der Waals surface area contributed by atoms with Crippen molar-refractivity contribution in [1.82, 2.24) is 4.90 Å². The second-order valence-corrected chi connectivity index (χ2v) is 6.88. The first-order valence-corrected chi connectivity index (χ1v) is 8.97. The third-order valence-corrected chi connectivity index (χ3v) is 4.95. The van der Waals surface area contributed by atoms with Gasteiger partial charge in [0.1, 0.15) is 48.8 Å². The summed E-state index contributed by atoms with van der Waals surface area (Å²) in [6, 6.07) is 0. The van der Waals surface area contributed by atoms with Gasteiger partial charge in [-0.15, -0.1) is 6.42 Å². The van der Waals surface area contributed by atoms with Crippen LogP contribution in [0.3, 0.4) is 0 Å². The Morgan fingerprint density at radius 2 is 1.59 bits per heavy atom. The lowest BCUT2D eigenvalue weighted by atomic mass is 9.96. The molecule has 0 aromatic heterocycles. The van der Waals surface area contributed by atoms with Gasteiger partial charge in [-0.2, -0.15) is 0 Å². The molecular formula is C17H27NO11. The predicted octanol–water partition coefficient (Wildman–Crippen LogP) is -4.91. The van der Waals surface area contributed by atoms with Crippen LogP contribution in [0.1, 0.15) is 6.92 Å². The molecule has 166 valence electrons. The molecule has 2 rings (SSSR count). The predicted molar refractivity (Wildman–Crippen MR) is 92.6 cm³/mol. The number of ether oxygens (including phenoxy) is 3. The van der Waals surface area contributed by atoms with Gasteiger partial charge in [-0.3, -0.25) is 4.79 Å². The summed E-state index contributed by atoms with van der Waals surface area (Å²) in [5.41, 5.74) is 0. The zero-order chi connectivity index (χ0) is 21.9. The fourth-order valence-electron chi connectivity index (χ4n) is 3.31. The maximum absolute atomic E-state index is 11.8. The molecule has 12 nitrogen and oxygen atoms in total. The standard InChI is InChI=1S/C17H27NO11/c1-3-4-18(7(2)21)16-13(25)12(24)15(9(6-20)27-16)29-17-14(26)11(23)10(22)8(5-19)28-17/h1,8-17,19-20,22-26H,4-6H2,2H3/t8?,9-,10+,11+,12?,13?,14-,15-,16+,17?/m1/s1. The second-order valence-electron chi connectivity index (χ2n) is 6.88. The van der Waals surface area contributed by atoms with E-state index in [4.69, 9.17) is 20.6 Å². The minimum atomic E-state index is -1.76. The van der Waals surface area contributed by atoms with Crippen molar-refractivity contribution in [2.45, 2.75) is 68.3 Å². The van der Waals surface area contributed by atoms with Crippen molar-refractivity contribution in [3.05, 3.63) is 0 Å². The smallest absolute Gasteiger partial charge is 0.222 e. The molecule has 0 radical (unpaired) electrons. The Morgan fingerprint density at radius 1 is 0.966 bits per heavy atom. The second kappa shape index (κ2) is 10.1. The first-order valence-electron chi connectivity index (χ1n) is 8.97. The van der Waals surface area contributed by atoms with Gasteiger partial charge in [0.15, 0.2) is 12.5 Å². The summed E-state index contributed by atoms with van der Waals surface area (Å²) in [6.07, 6.45) is -10.3. The zero-order valence-electron chi connectivity index (χ0n) is 15.7. The molecule has 29 heavy (non-hydrogen) atoms. The molecule has 2 aliphatic heterocycles. The van der Waals surface area contributed by atoms with E-state index in [1.54, 1.807) is 0 Å². The Morgan fingerprint density at radius 3 is 2.10 bits per heavy atom. The van der Waals surface area contributed by atoms with E-state index in [2.05, 4.69) is 5.92 Å². The van der Waals surface area contributed by atoms with E-state index in [0.717, 1.165) is 4.90 Å². The number of aliphatic hydroxyl groups is 7. The van der Waals surface area contributed by atoms with Crippen LogP contribution in [0.2, 0.25) is 0 Å². The van der Waals surface area contributed by atoms with Crippen LogP contribution >= 0.6 is 0 Å². The Bertz CT molecular complexity index is 594. The highest BCUT2D eigenvalue weighted by molar-refractivity contribution is 5.73. The van der Waals surface area contributed by atoms with Gasteiger partial charge in [0.25, 0.3) is 0 Å². The third kappa shape index (κ3) is 4.86. The molecule has 10 atom stereocenters. The molecule has 0 aromatic rings. The average Bonchev–Trinajstić information content (AvgIpc) is 2.70. The molecule has 1 amide bonds. The van der Waals surface area contributed by atoms with Crippen LogP contribution in [0.4, 0.5) is 0 Å². The first-order chi connectivity index (χ1) is 13.7. The highest BCUT2D eigenvalue weighted by atomic mass is 16.7. The van der Waals surface area contributed by atoms with E-state index in [1.807, 2.05) is 0 Å². The van der Waals surface area contributed by atoms with Gasteiger partial charge in [-0.05, 0) is 0 Å². The average molecular weight is 421 g/mol. The fourth-order valence-corrected chi connectivity index (χ4v) is 3.31. The molecule has 4 unspecified atom stereocenters. The van der Waals surface area contributed by atoms with Crippen LogP contribution in [-0.4, -0.2) is 128 Å². The normalized spacial score (nSPS) is 42.9. The van der Waals surface area contributed by atoms with Crippen molar-refractivity contribution in [3.8, 4) is 12.3 Å². The number of terminal acetylenes is 1. The highest BCUT2D eigenvalue weighted by Crippen LogP contribution is 2.30. The van der Waals surface area contributed by atoms with Crippen molar-refractivity contribution < 1.29 is 54.8 Å². The van der Waals surface area contributed by atoms with Gasteiger partial charge in [0.05, 0.1) is 19.8 Å². The number of carbonyl (C=O) groups excluding carboxylic acids is 1. The fraction of sp³-hybridized carbons (Fsp3) is 0.824. The van der Waals surface area contributed by atoms with Crippen molar-refractivity contribution >= 4 is 5.91 Å². The van der Waals surface area contributed by atoms with Gasteiger partial charge in [0.2, 0.25) is 5.91 Å². The van der Waals surface area contributed by atoms with Gasteiger partial charge < -0.3 is 54.9 Å². The lowest BCUT2D eigenvalue weighted by Gasteiger charge is -2.47. The van der Waals surface area contributed by atoms with Crippen LogP contribution in [0.5, 0.6) is 0 Å². The quantitative estimate of drug-likeness (QED) is 0.204. The van der Waals surface area contributed by atoms with E-state index in [0.29, 0.717) is 0 Å². The molecular weight excluding hydrogens is 394 g/mol. The maximum Gasteiger partial charge on any atom is 0.222 e. The van der Waals surface area contributed by atoms with E-state index in [-0.39, 0.29) is 6.54 Å². The van der Waals surface area contributed by atoms with Crippen LogP contribution < -0.4 is 0 Å². The Kier molecular flexibility index (Phi) is 8.32. The maximum atomic E-state index is 11.8. The number of hydrogen-bond donors (Lipinski definition) is 7. The molecule has 2 saturated heterocycles. The number of amides is 1. The number of aliphatic hydroxyl groups excluding tert-OH is 7. The summed E-state index contributed by atoms with van der Waals surface area (Å²) in [5.74, 6) is 1.69. The molecule has 7 N–H and O–H groups in total. The molecule has 0 spiro atoms. The number of carbonyl (C=O) groups is 1. The van der Waals surface area contributed by atoms with E-state index >= 15 is 0 Å². The van der Waals surface area contributed by atoms with E-state index in [1.165, 1.54) is 6.92 Å². The number of nitrogens with zero attached hydrogens (tertiary/aromatic N) is 1. The van der Waals surface area contributed by atoms with Gasteiger partial charge in [-0.1, -0.05) is 5.92 Å². The lowest BCUT2D eigenvalue weighted by molar-refractivity contribution is -0.347. The number of rotatable bonds is 6. The van der Waals surface area contributed by atoms with Crippen molar-refractivity contribution in [1.29, 1.82) is 0 Å². The first kappa shape index (κ1) is 23.9. The lowest BCUT2D eigenvalue weighted by Crippen LogP contribution is -2.67. The highest BCUT2D eigenvalue weighted by Gasteiger charge is 2.51. The van der Waals surface area contributed by atoms with Crippen molar-refractivity contribution in [3.63, 3.8) is 0 Å². The van der Waals surface area contributed by atoms with E-state index in [9.17, 15) is 40.5 Å². The van der Waals surface area contributed by atoms with Crippen LogP contribution in [0.15, 0.2) is 0 Å². The molecule has 0 aromatic carbocycles. The molecule has 0 saturated carbocycles. The largest absolute Gasteiger partial charge is 0.394 e. The van der Waals surface area contributed by atoms with Gasteiger partial charge in [0, 0.05) is 6.92 Å². The van der Waals surface area contributed by atoms with Gasteiger partial charge >= 0.3 is 0 Å². The monoisotopic (exact) mass is 421 g/mol. The van der Waals surface area contributed by atoms with Crippen LogP contribution in [0, 0.1) is 12.3 Å².